The number of hydrogen-bond donors (Lipinski definition) is 2. The molecule has 0 atom stereocenters. The molecule has 0 bridgehead atoms. The number of rotatable bonds is 3. The first kappa shape index (κ1) is 16.7. The van der Waals surface area contributed by atoms with Gasteiger partial charge in [0.25, 0.3) is 5.91 Å². The second-order valence-electron chi connectivity index (χ2n) is 4.75. The SMILES string of the molecule is Cc1ccc(CNC(=S)NC(=O)c2ccc(Cl)cc2Cl)cc1. The molecule has 0 aromatic heterocycles. The molecule has 0 heterocycles. The number of aryl methyl sites for hydroxylation is 1. The van der Waals surface area contributed by atoms with Crippen molar-refractivity contribution in [3.63, 3.8) is 0 Å². The molecule has 0 saturated heterocycles. The van der Waals surface area contributed by atoms with Crippen molar-refractivity contribution in [2.75, 3.05) is 0 Å². The van der Waals surface area contributed by atoms with Crippen LogP contribution in [0, 0.1) is 6.92 Å². The van der Waals surface area contributed by atoms with Crippen LogP contribution < -0.4 is 10.6 Å². The zero-order valence-corrected chi connectivity index (χ0v) is 14.1. The number of nitrogens with one attached hydrogen (secondary N) is 2. The van der Waals surface area contributed by atoms with E-state index in [2.05, 4.69) is 10.6 Å². The van der Waals surface area contributed by atoms with Crippen LogP contribution >= 0.6 is 35.4 Å². The molecule has 0 aliphatic heterocycles. The zero-order chi connectivity index (χ0) is 16.1. The molecule has 0 fully saturated rings. The lowest BCUT2D eigenvalue weighted by Gasteiger charge is -2.10. The first-order valence-corrected chi connectivity index (χ1v) is 7.72. The van der Waals surface area contributed by atoms with Crippen LogP contribution in [-0.2, 0) is 6.54 Å². The maximum Gasteiger partial charge on any atom is 0.258 e. The highest BCUT2D eigenvalue weighted by molar-refractivity contribution is 7.80. The van der Waals surface area contributed by atoms with Crippen molar-refractivity contribution >= 4 is 46.4 Å². The minimum absolute atomic E-state index is 0.247. The lowest BCUT2D eigenvalue weighted by molar-refractivity contribution is 0.0977. The topological polar surface area (TPSA) is 41.1 Å². The molecule has 0 radical (unpaired) electrons. The molecule has 2 rings (SSSR count). The second kappa shape index (κ2) is 7.58. The maximum atomic E-state index is 12.1. The average molecular weight is 353 g/mol. The van der Waals surface area contributed by atoms with Crippen LogP contribution in [0.3, 0.4) is 0 Å². The highest BCUT2D eigenvalue weighted by atomic mass is 35.5. The van der Waals surface area contributed by atoms with Gasteiger partial charge in [0.2, 0.25) is 0 Å². The summed E-state index contributed by atoms with van der Waals surface area (Å²) in [7, 11) is 0. The van der Waals surface area contributed by atoms with Crippen LogP contribution in [0.25, 0.3) is 0 Å². The number of amides is 1. The van der Waals surface area contributed by atoms with Crippen molar-refractivity contribution < 1.29 is 4.79 Å². The first-order chi connectivity index (χ1) is 10.5. The van der Waals surface area contributed by atoms with Crippen molar-refractivity contribution in [3.05, 3.63) is 69.2 Å². The van der Waals surface area contributed by atoms with Crippen molar-refractivity contribution in [1.29, 1.82) is 0 Å². The Balaban J connectivity index is 1.91. The quantitative estimate of drug-likeness (QED) is 0.816. The number of carbonyl (C=O) groups is 1. The van der Waals surface area contributed by atoms with Gasteiger partial charge in [0.05, 0.1) is 10.6 Å². The summed E-state index contributed by atoms with van der Waals surface area (Å²) in [5, 5.41) is 6.58. The van der Waals surface area contributed by atoms with Crippen molar-refractivity contribution in [2.24, 2.45) is 0 Å². The fraction of sp³-hybridized carbons (Fsp3) is 0.125. The lowest BCUT2D eigenvalue weighted by Crippen LogP contribution is -2.38. The van der Waals surface area contributed by atoms with Gasteiger partial charge >= 0.3 is 0 Å². The largest absolute Gasteiger partial charge is 0.358 e. The van der Waals surface area contributed by atoms with E-state index in [9.17, 15) is 4.79 Å². The third-order valence-electron chi connectivity index (χ3n) is 2.98. The van der Waals surface area contributed by atoms with Crippen LogP contribution in [-0.4, -0.2) is 11.0 Å². The maximum absolute atomic E-state index is 12.1. The van der Waals surface area contributed by atoms with Gasteiger partial charge < -0.3 is 5.32 Å². The highest BCUT2D eigenvalue weighted by Gasteiger charge is 2.12. The summed E-state index contributed by atoms with van der Waals surface area (Å²) in [6.45, 7) is 2.56. The Labute approximate surface area is 144 Å². The minimum Gasteiger partial charge on any atom is -0.358 e. The summed E-state index contributed by atoms with van der Waals surface area (Å²) < 4.78 is 0. The Kier molecular flexibility index (Phi) is 5.77. The molecule has 3 nitrogen and oxygen atoms in total. The molecule has 0 unspecified atom stereocenters. The minimum atomic E-state index is -0.372. The number of halogens is 2. The van der Waals surface area contributed by atoms with Crippen LogP contribution in [0.15, 0.2) is 42.5 Å². The molecule has 2 aromatic rings. The van der Waals surface area contributed by atoms with E-state index in [0.29, 0.717) is 17.1 Å². The molecular weight excluding hydrogens is 339 g/mol. The number of carbonyl (C=O) groups excluding carboxylic acids is 1. The van der Waals surface area contributed by atoms with Crippen LogP contribution in [0.4, 0.5) is 0 Å². The molecule has 6 heteroatoms. The molecule has 0 saturated carbocycles. The Morgan fingerprint density at radius 2 is 1.82 bits per heavy atom. The average Bonchev–Trinajstić information content (AvgIpc) is 2.46. The second-order valence-corrected chi connectivity index (χ2v) is 6.00. The summed E-state index contributed by atoms with van der Waals surface area (Å²) in [6.07, 6.45) is 0. The third-order valence-corrected chi connectivity index (χ3v) is 3.77. The summed E-state index contributed by atoms with van der Waals surface area (Å²) in [4.78, 5) is 12.1. The van der Waals surface area contributed by atoms with E-state index in [4.69, 9.17) is 35.4 Å². The van der Waals surface area contributed by atoms with Gasteiger partial charge in [0, 0.05) is 11.6 Å². The van der Waals surface area contributed by atoms with E-state index in [0.717, 1.165) is 5.56 Å². The van der Waals surface area contributed by atoms with Crippen LogP contribution in [0.2, 0.25) is 10.0 Å². The van der Waals surface area contributed by atoms with E-state index in [1.54, 1.807) is 12.1 Å². The predicted octanol–water partition coefficient (Wildman–Crippen LogP) is 4.11. The molecule has 0 spiro atoms. The summed E-state index contributed by atoms with van der Waals surface area (Å²) in [6, 6.07) is 12.7. The molecule has 114 valence electrons. The Hall–Kier alpha value is -1.62. The number of benzene rings is 2. The van der Waals surface area contributed by atoms with Gasteiger partial charge in [-0.05, 0) is 42.9 Å². The Morgan fingerprint density at radius 3 is 2.45 bits per heavy atom. The monoisotopic (exact) mass is 352 g/mol. The van der Waals surface area contributed by atoms with Gasteiger partial charge in [-0.1, -0.05) is 53.0 Å². The molecule has 1 amide bonds. The van der Waals surface area contributed by atoms with E-state index in [-0.39, 0.29) is 16.0 Å². The van der Waals surface area contributed by atoms with Gasteiger partial charge in [-0.2, -0.15) is 0 Å². The zero-order valence-electron chi connectivity index (χ0n) is 11.8. The Morgan fingerprint density at radius 1 is 1.14 bits per heavy atom. The van der Waals surface area contributed by atoms with Gasteiger partial charge in [-0.3, -0.25) is 10.1 Å². The fourth-order valence-electron chi connectivity index (χ4n) is 1.78. The predicted molar refractivity (Wildman–Crippen MR) is 94.5 cm³/mol. The lowest BCUT2D eigenvalue weighted by atomic mass is 10.1. The van der Waals surface area contributed by atoms with Crippen molar-refractivity contribution in [2.45, 2.75) is 13.5 Å². The third kappa shape index (κ3) is 4.70. The molecule has 2 aromatic carbocycles. The molecule has 22 heavy (non-hydrogen) atoms. The normalized spacial score (nSPS) is 10.1. The summed E-state index contributed by atoms with van der Waals surface area (Å²) in [5.74, 6) is -0.372. The van der Waals surface area contributed by atoms with Gasteiger partial charge in [0.15, 0.2) is 5.11 Å². The number of thiocarbonyl (C=S) groups is 1. The molecule has 0 aliphatic rings. The standard InChI is InChI=1S/C16H14Cl2N2OS/c1-10-2-4-11(5-3-10)9-19-16(22)20-15(21)13-7-6-12(17)8-14(13)18/h2-8H,9H2,1H3,(H2,19,20,21,22). The van der Waals surface area contributed by atoms with Gasteiger partial charge in [-0.15, -0.1) is 0 Å². The van der Waals surface area contributed by atoms with Gasteiger partial charge in [-0.25, -0.2) is 0 Å². The first-order valence-electron chi connectivity index (χ1n) is 6.55. The van der Waals surface area contributed by atoms with Crippen LogP contribution in [0.5, 0.6) is 0 Å². The molecular formula is C16H14Cl2N2OS. The molecule has 2 N–H and O–H groups in total. The Bertz CT molecular complexity index is 702. The summed E-state index contributed by atoms with van der Waals surface area (Å²) in [5.41, 5.74) is 2.59. The van der Waals surface area contributed by atoms with Crippen molar-refractivity contribution in [3.8, 4) is 0 Å². The molecule has 0 aliphatic carbocycles. The van der Waals surface area contributed by atoms with Gasteiger partial charge in [0.1, 0.15) is 0 Å². The highest BCUT2D eigenvalue weighted by Crippen LogP contribution is 2.20. The number of hydrogen-bond acceptors (Lipinski definition) is 2. The van der Waals surface area contributed by atoms with E-state index in [1.807, 2.05) is 31.2 Å². The van der Waals surface area contributed by atoms with Crippen LogP contribution in [0.1, 0.15) is 21.5 Å². The smallest absolute Gasteiger partial charge is 0.258 e. The van der Waals surface area contributed by atoms with E-state index >= 15 is 0 Å². The van der Waals surface area contributed by atoms with E-state index < -0.39 is 0 Å². The van der Waals surface area contributed by atoms with E-state index in [1.165, 1.54) is 11.6 Å². The fourth-order valence-corrected chi connectivity index (χ4v) is 2.44. The summed E-state index contributed by atoms with van der Waals surface area (Å²) >= 11 is 16.9. The van der Waals surface area contributed by atoms with Crippen molar-refractivity contribution in [1.82, 2.24) is 10.6 Å².